The molecule has 1 aliphatic heterocycles. The zero-order valence-electron chi connectivity index (χ0n) is 13.2. The van der Waals surface area contributed by atoms with Crippen molar-refractivity contribution in [1.82, 2.24) is 15.5 Å². The van der Waals surface area contributed by atoms with E-state index in [4.69, 9.17) is 9.51 Å². The molecular weight excluding hydrogens is 264 g/mol. The maximum absolute atomic E-state index is 5.57. The first-order valence-electron chi connectivity index (χ1n) is 8.68. The van der Waals surface area contributed by atoms with Crippen LogP contribution in [0, 0.1) is 0 Å². The van der Waals surface area contributed by atoms with Crippen molar-refractivity contribution in [3.8, 4) is 0 Å². The first kappa shape index (κ1) is 14.8. The summed E-state index contributed by atoms with van der Waals surface area (Å²) in [6.45, 7) is 5.39. The molecule has 2 heterocycles. The molecule has 1 N–H and O–H groups in total. The van der Waals surface area contributed by atoms with Crippen molar-refractivity contribution in [3.05, 3.63) is 5.89 Å². The number of rotatable bonds is 4. The summed E-state index contributed by atoms with van der Waals surface area (Å²) in [6.07, 6.45) is 9.93. The number of hydrogen-bond donors (Lipinski definition) is 1. The molecule has 5 nitrogen and oxygen atoms in total. The summed E-state index contributed by atoms with van der Waals surface area (Å²) in [7, 11) is 0. The average molecular weight is 292 g/mol. The highest BCUT2D eigenvalue weighted by Gasteiger charge is 2.27. The van der Waals surface area contributed by atoms with Gasteiger partial charge in [-0.2, -0.15) is 4.98 Å². The minimum absolute atomic E-state index is 0.466. The predicted octanol–water partition coefficient (Wildman–Crippen LogP) is 3.09. The number of aromatic nitrogens is 2. The molecule has 21 heavy (non-hydrogen) atoms. The smallest absolute Gasteiger partial charge is 0.266 e. The fourth-order valence-electron chi connectivity index (χ4n) is 3.63. The third kappa shape index (κ3) is 3.76. The van der Waals surface area contributed by atoms with E-state index in [0.717, 1.165) is 31.5 Å². The SMILES string of the molecule is CCNC1CCC(c2nc(N3CCCCCC3)no2)CC1. The molecule has 0 atom stereocenters. The molecular formula is C16H28N4O. The predicted molar refractivity (Wildman–Crippen MR) is 83.7 cm³/mol. The van der Waals surface area contributed by atoms with E-state index in [9.17, 15) is 0 Å². The standard InChI is InChI=1S/C16H28N4O/c1-2-17-14-9-7-13(8-10-14)15-18-16(19-21-15)20-11-5-3-4-6-12-20/h13-14,17H,2-12H2,1H3. The molecule has 1 aromatic heterocycles. The highest BCUT2D eigenvalue weighted by molar-refractivity contribution is 5.28. The lowest BCUT2D eigenvalue weighted by molar-refractivity contribution is 0.284. The van der Waals surface area contributed by atoms with Gasteiger partial charge < -0.3 is 14.7 Å². The van der Waals surface area contributed by atoms with E-state index >= 15 is 0 Å². The molecule has 2 fully saturated rings. The topological polar surface area (TPSA) is 54.2 Å². The van der Waals surface area contributed by atoms with E-state index in [1.807, 2.05) is 0 Å². The highest BCUT2D eigenvalue weighted by Crippen LogP contribution is 2.32. The summed E-state index contributed by atoms with van der Waals surface area (Å²) in [5.74, 6) is 2.15. The van der Waals surface area contributed by atoms with Crippen LogP contribution in [0.3, 0.4) is 0 Å². The Labute approximate surface area is 127 Å². The Hall–Kier alpha value is -1.10. The molecule has 1 aromatic rings. The van der Waals surface area contributed by atoms with Crippen molar-refractivity contribution in [2.24, 2.45) is 0 Å². The third-order valence-electron chi connectivity index (χ3n) is 4.89. The minimum atomic E-state index is 0.466. The Kier molecular flexibility index (Phi) is 5.12. The molecule has 3 rings (SSSR count). The minimum Gasteiger partial charge on any atom is -0.338 e. The van der Waals surface area contributed by atoms with E-state index in [2.05, 4.69) is 22.3 Å². The van der Waals surface area contributed by atoms with Crippen LogP contribution >= 0.6 is 0 Å². The van der Waals surface area contributed by atoms with Crippen molar-refractivity contribution >= 4 is 5.95 Å². The number of hydrogen-bond acceptors (Lipinski definition) is 5. The number of nitrogens with zero attached hydrogens (tertiary/aromatic N) is 3. The lowest BCUT2D eigenvalue weighted by Crippen LogP contribution is -2.32. The summed E-state index contributed by atoms with van der Waals surface area (Å²) in [6, 6.07) is 0.680. The van der Waals surface area contributed by atoms with Gasteiger partial charge in [0.2, 0.25) is 5.89 Å². The van der Waals surface area contributed by atoms with Gasteiger partial charge in [-0.3, -0.25) is 0 Å². The van der Waals surface area contributed by atoms with Gasteiger partial charge in [0.05, 0.1) is 0 Å². The Morgan fingerprint density at radius 1 is 1.10 bits per heavy atom. The van der Waals surface area contributed by atoms with Crippen LogP contribution in [0.5, 0.6) is 0 Å². The lowest BCUT2D eigenvalue weighted by atomic mass is 9.86. The summed E-state index contributed by atoms with van der Waals surface area (Å²) < 4.78 is 5.57. The molecule has 118 valence electrons. The second-order valence-corrected chi connectivity index (χ2v) is 6.44. The van der Waals surface area contributed by atoms with Gasteiger partial charge in [0.25, 0.3) is 5.95 Å². The molecule has 0 radical (unpaired) electrons. The molecule has 0 spiro atoms. The Balaban J connectivity index is 1.57. The Morgan fingerprint density at radius 2 is 1.81 bits per heavy atom. The fraction of sp³-hybridized carbons (Fsp3) is 0.875. The van der Waals surface area contributed by atoms with Crippen molar-refractivity contribution < 1.29 is 4.52 Å². The fourth-order valence-corrected chi connectivity index (χ4v) is 3.63. The van der Waals surface area contributed by atoms with E-state index in [-0.39, 0.29) is 0 Å². The summed E-state index contributed by atoms with van der Waals surface area (Å²) in [4.78, 5) is 6.99. The molecule has 1 saturated carbocycles. The van der Waals surface area contributed by atoms with Crippen molar-refractivity contribution in [1.29, 1.82) is 0 Å². The summed E-state index contributed by atoms with van der Waals surface area (Å²) in [5.41, 5.74) is 0. The van der Waals surface area contributed by atoms with Gasteiger partial charge in [-0.25, -0.2) is 0 Å². The van der Waals surface area contributed by atoms with Crippen molar-refractivity contribution in [2.45, 2.75) is 70.3 Å². The quantitative estimate of drug-likeness (QED) is 0.924. The van der Waals surface area contributed by atoms with Crippen LogP contribution < -0.4 is 10.2 Å². The van der Waals surface area contributed by atoms with E-state index in [1.54, 1.807) is 0 Å². The normalized spacial score (nSPS) is 27.6. The number of anilines is 1. The van der Waals surface area contributed by atoms with Gasteiger partial charge >= 0.3 is 0 Å². The third-order valence-corrected chi connectivity index (χ3v) is 4.89. The average Bonchev–Trinajstić information content (AvgIpc) is 2.84. The molecule has 0 aromatic carbocycles. The van der Waals surface area contributed by atoms with E-state index in [1.165, 1.54) is 51.4 Å². The number of nitrogens with one attached hydrogen (secondary N) is 1. The first-order chi connectivity index (χ1) is 10.4. The van der Waals surface area contributed by atoms with Gasteiger partial charge in [-0.1, -0.05) is 19.8 Å². The van der Waals surface area contributed by atoms with Crippen LogP contribution in [0.25, 0.3) is 0 Å². The second kappa shape index (κ2) is 7.25. The van der Waals surface area contributed by atoms with Crippen LogP contribution in [0.1, 0.15) is 70.1 Å². The molecule has 0 bridgehead atoms. The summed E-state index contributed by atoms with van der Waals surface area (Å²) in [5, 5.41) is 7.78. The largest absolute Gasteiger partial charge is 0.338 e. The van der Waals surface area contributed by atoms with Crippen molar-refractivity contribution in [2.75, 3.05) is 24.5 Å². The Bertz CT molecular complexity index is 418. The maximum Gasteiger partial charge on any atom is 0.266 e. The van der Waals surface area contributed by atoms with Gasteiger partial charge in [0.15, 0.2) is 0 Å². The van der Waals surface area contributed by atoms with E-state index in [0.29, 0.717) is 12.0 Å². The molecule has 1 saturated heterocycles. The molecule has 5 heteroatoms. The van der Waals surface area contributed by atoms with Gasteiger partial charge in [0.1, 0.15) is 0 Å². The maximum atomic E-state index is 5.57. The van der Waals surface area contributed by atoms with Gasteiger partial charge in [-0.15, -0.1) is 0 Å². The molecule has 0 amide bonds. The molecule has 2 aliphatic rings. The van der Waals surface area contributed by atoms with Crippen LogP contribution in [-0.4, -0.2) is 35.8 Å². The Morgan fingerprint density at radius 3 is 2.48 bits per heavy atom. The monoisotopic (exact) mass is 292 g/mol. The van der Waals surface area contributed by atoms with Crippen LogP contribution in [-0.2, 0) is 0 Å². The zero-order valence-corrected chi connectivity index (χ0v) is 13.2. The second-order valence-electron chi connectivity index (χ2n) is 6.44. The molecule has 1 aliphatic carbocycles. The van der Waals surface area contributed by atoms with E-state index < -0.39 is 0 Å². The summed E-state index contributed by atoms with van der Waals surface area (Å²) >= 11 is 0. The highest BCUT2D eigenvalue weighted by atomic mass is 16.5. The molecule has 0 unspecified atom stereocenters. The first-order valence-corrected chi connectivity index (χ1v) is 8.68. The van der Waals surface area contributed by atoms with Gasteiger partial charge in [-0.05, 0) is 50.2 Å². The van der Waals surface area contributed by atoms with Crippen LogP contribution in [0.4, 0.5) is 5.95 Å². The van der Waals surface area contributed by atoms with Crippen molar-refractivity contribution in [3.63, 3.8) is 0 Å². The van der Waals surface area contributed by atoms with Crippen LogP contribution in [0.2, 0.25) is 0 Å². The van der Waals surface area contributed by atoms with Crippen LogP contribution in [0.15, 0.2) is 4.52 Å². The lowest BCUT2D eigenvalue weighted by Gasteiger charge is -2.26. The zero-order chi connectivity index (χ0) is 14.5. The van der Waals surface area contributed by atoms with Gasteiger partial charge in [0, 0.05) is 25.0 Å².